The van der Waals surface area contributed by atoms with Crippen molar-refractivity contribution in [1.82, 2.24) is 9.55 Å². The number of nitrogens with zero attached hydrogens (tertiary/aromatic N) is 2. The number of halogens is 2. The van der Waals surface area contributed by atoms with Gasteiger partial charge in [0.15, 0.2) is 10.9 Å². The Hall–Kier alpha value is -2.12. The van der Waals surface area contributed by atoms with Gasteiger partial charge >= 0.3 is 0 Å². The van der Waals surface area contributed by atoms with Crippen LogP contribution in [0.25, 0.3) is 16.6 Å². The molecular weight excluding hydrogens is 435 g/mol. The van der Waals surface area contributed by atoms with Crippen LogP contribution < -0.4 is 5.56 Å². The fourth-order valence-corrected chi connectivity index (χ4v) is 4.90. The molecule has 140 valence electrons. The molecule has 2 aromatic heterocycles. The lowest BCUT2D eigenvalue weighted by atomic mass is 10.2. The maximum atomic E-state index is 13.2. The zero-order valence-electron chi connectivity index (χ0n) is 14.3. The second-order valence-corrected chi connectivity index (χ2v) is 8.88. The van der Waals surface area contributed by atoms with Crippen LogP contribution in [0.5, 0.6) is 0 Å². The highest BCUT2D eigenvalue weighted by atomic mass is 35.5. The lowest BCUT2D eigenvalue weighted by Gasteiger charge is -2.14. The van der Waals surface area contributed by atoms with Crippen molar-refractivity contribution in [3.8, 4) is 5.69 Å². The molecule has 2 aromatic carbocycles. The average molecular weight is 447 g/mol. The number of para-hydroxylation sites is 2. The molecule has 8 heteroatoms. The Morgan fingerprint density at radius 1 is 1.04 bits per heavy atom. The predicted octanol–water partition coefficient (Wildman–Crippen LogP) is 5.73. The lowest BCUT2D eigenvalue weighted by Crippen LogP contribution is -2.22. The van der Waals surface area contributed by atoms with Crippen LogP contribution in [-0.2, 0) is 0 Å². The standard InChI is InChI=1S/C20H12Cl2N2O2S2/c21-13-6-2-4-8-15(13)24-19(26)12-5-1-3-7-14(12)23-20(24)27-11-16(25)17-9-10-18(22)28-17/h1-10H,11H2. The third-order valence-corrected chi connectivity index (χ3v) is 6.55. The van der Waals surface area contributed by atoms with Gasteiger partial charge in [0.1, 0.15) is 0 Å². The van der Waals surface area contributed by atoms with E-state index in [1.165, 1.54) is 27.7 Å². The summed E-state index contributed by atoms with van der Waals surface area (Å²) < 4.78 is 2.02. The summed E-state index contributed by atoms with van der Waals surface area (Å²) >= 11 is 14.7. The number of fused-ring (bicyclic) bond motifs is 1. The number of carbonyl (C=O) groups excluding carboxylic acids is 1. The Morgan fingerprint density at radius 2 is 1.79 bits per heavy atom. The van der Waals surface area contributed by atoms with Crippen molar-refractivity contribution in [2.24, 2.45) is 0 Å². The summed E-state index contributed by atoms with van der Waals surface area (Å²) in [7, 11) is 0. The van der Waals surface area contributed by atoms with Crippen molar-refractivity contribution in [3.63, 3.8) is 0 Å². The van der Waals surface area contributed by atoms with Gasteiger partial charge in [-0.25, -0.2) is 4.98 Å². The largest absolute Gasteiger partial charge is 0.292 e. The summed E-state index contributed by atoms with van der Waals surface area (Å²) in [4.78, 5) is 30.8. The molecule has 4 aromatic rings. The molecule has 0 unspecified atom stereocenters. The maximum Gasteiger partial charge on any atom is 0.266 e. The fourth-order valence-electron chi connectivity index (χ4n) is 2.72. The van der Waals surface area contributed by atoms with Crippen LogP contribution >= 0.6 is 46.3 Å². The summed E-state index contributed by atoms with van der Waals surface area (Å²) in [5, 5.41) is 1.33. The number of aromatic nitrogens is 2. The number of rotatable bonds is 5. The molecule has 28 heavy (non-hydrogen) atoms. The summed E-state index contributed by atoms with van der Waals surface area (Å²) in [6.45, 7) is 0. The normalized spacial score (nSPS) is 11.1. The van der Waals surface area contributed by atoms with E-state index >= 15 is 0 Å². The third kappa shape index (κ3) is 3.73. The van der Waals surface area contributed by atoms with Crippen molar-refractivity contribution in [3.05, 3.63) is 85.3 Å². The SMILES string of the molecule is O=C(CSc1nc2ccccc2c(=O)n1-c1ccccc1Cl)c1ccc(Cl)s1. The van der Waals surface area contributed by atoms with Crippen LogP contribution in [0.15, 0.2) is 70.6 Å². The van der Waals surface area contributed by atoms with E-state index in [0.29, 0.717) is 36.0 Å². The Kier molecular flexibility index (Phi) is 5.55. The number of carbonyl (C=O) groups is 1. The molecule has 0 amide bonds. The minimum absolute atomic E-state index is 0.0741. The molecule has 0 aliphatic carbocycles. The van der Waals surface area contributed by atoms with Crippen LogP contribution in [0.1, 0.15) is 9.67 Å². The first kappa shape index (κ1) is 19.2. The summed E-state index contributed by atoms with van der Waals surface area (Å²) in [5.74, 6) is 0.0570. The van der Waals surface area contributed by atoms with Gasteiger partial charge < -0.3 is 0 Å². The van der Waals surface area contributed by atoms with E-state index in [-0.39, 0.29) is 17.1 Å². The summed E-state index contributed by atoms with van der Waals surface area (Å²) in [6.07, 6.45) is 0. The molecule has 0 saturated carbocycles. The molecule has 4 rings (SSSR count). The number of thioether (sulfide) groups is 1. The van der Waals surface area contributed by atoms with Crippen molar-refractivity contribution in [2.75, 3.05) is 5.75 Å². The molecule has 0 saturated heterocycles. The first-order chi connectivity index (χ1) is 13.5. The molecule has 0 bridgehead atoms. The maximum absolute atomic E-state index is 13.2. The van der Waals surface area contributed by atoms with Crippen LogP contribution in [0.4, 0.5) is 0 Å². The van der Waals surface area contributed by atoms with Crippen molar-refractivity contribution in [1.29, 1.82) is 0 Å². The second-order valence-electron chi connectivity index (χ2n) is 5.82. The molecule has 0 atom stereocenters. The highest BCUT2D eigenvalue weighted by Gasteiger charge is 2.17. The number of hydrogen-bond donors (Lipinski definition) is 0. The first-order valence-electron chi connectivity index (χ1n) is 8.22. The van der Waals surface area contributed by atoms with Gasteiger partial charge in [0.05, 0.1) is 36.6 Å². The lowest BCUT2D eigenvalue weighted by molar-refractivity contribution is 0.102. The Balaban J connectivity index is 1.80. The van der Waals surface area contributed by atoms with E-state index in [9.17, 15) is 9.59 Å². The number of Topliss-reactive ketones (excluding diaryl/α,β-unsaturated/α-hetero) is 1. The molecule has 0 fully saturated rings. The molecule has 0 N–H and O–H groups in total. The topological polar surface area (TPSA) is 52.0 Å². The Bertz CT molecular complexity index is 1250. The number of benzene rings is 2. The van der Waals surface area contributed by atoms with Gasteiger partial charge in [-0.15, -0.1) is 11.3 Å². The van der Waals surface area contributed by atoms with Crippen molar-refractivity contribution in [2.45, 2.75) is 5.16 Å². The summed E-state index contributed by atoms with van der Waals surface area (Å²) in [5.41, 5.74) is 0.874. The summed E-state index contributed by atoms with van der Waals surface area (Å²) in [6, 6.07) is 17.6. The fraction of sp³-hybridized carbons (Fsp3) is 0.0500. The van der Waals surface area contributed by atoms with Crippen LogP contribution in [-0.4, -0.2) is 21.1 Å². The van der Waals surface area contributed by atoms with Gasteiger partial charge in [-0.2, -0.15) is 0 Å². The highest BCUT2D eigenvalue weighted by molar-refractivity contribution is 7.99. The average Bonchev–Trinajstić information content (AvgIpc) is 3.14. The Morgan fingerprint density at radius 3 is 2.54 bits per heavy atom. The molecule has 0 aliphatic rings. The van der Waals surface area contributed by atoms with E-state index in [1.807, 2.05) is 6.07 Å². The number of hydrogen-bond acceptors (Lipinski definition) is 5. The smallest absolute Gasteiger partial charge is 0.266 e. The predicted molar refractivity (Wildman–Crippen MR) is 117 cm³/mol. The van der Waals surface area contributed by atoms with Gasteiger partial charge in [-0.1, -0.05) is 59.2 Å². The molecular formula is C20H12Cl2N2O2S2. The third-order valence-electron chi connectivity index (χ3n) is 4.02. The minimum atomic E-state index is -0.229. The van der Waals surface area contributed by atoms with E-state index in [0.717, 1.165) is 0 Å². The highest BCUT2D eigenvalue weighted by Crippen LogP contribution is 2.28. The zero-order chi connectivity index (χ0) is 19.7. The molecule has 0 aliphatic heterocycles. The molecule has 4 nitrogen and oxygen atoms in total. The first-order valence-corrected chi connectivity index (χ1v) is 10.8. The zero-order valence-corrected chi connectivity index (χ0v) is 17.4. The van der Waals surface area contributed by atoms with E-state index < -0.39 is 0 Å². The second kappa shape index (κ2) is 8.09. The van der Waals surface area contributed by atoms with Crippen molar-refractivity contribution < 1.29 is 4.79 Å². The quantitative estimate of drug-likeness (QED) is 0.223. The van der Waals surface area contributed by atoms with Gasteiger partial charge in [0, 0.05) is 0 Å². The van der Waals surface area contributed by atoms with Crippen LogP contribution in [0.3, 0.4) is 0 Å². The van der Waals surface area contributed by atoms with Gasteiger partial charge in [0.2, 0.25) is 0 Å². The van der Waals surface area contributed by atoms with E-state index in [2.05, 4.69) is 4.98 Å². The van der Waals surface area contributed by atoms with Gasteiger partial charge in [0.25, 0.3) is 5.56 Å². The van der Waals surface area contributed by atoms with Crippen LogP contribution in [0, 0.1) is 0 Å². The van der Waals surface area contributed by atoms with Gasteiger partial charge in [-0.05, 0) is 36.4 Å². The molecule has 0 radical (unpaired) electrons. The van der Waals surface area contributed by atoms with Crippen molar-refractivity contribution >= 4 is 63.0 Å². The molecule has 0 spiro atoms. The number of thiophene rings is 1. The van der Waals surface area contributed by atoms with Gasteiger partial charge in [-0.3, -0.25) is 14.2 Å². The van der Waals surface area contributed by atoms with Crippen LogP contribution in [0.2, 0.25) is 9.36 Å². The van der Waals surface area contributed by atoms with E-state index in [1.54, 1.807) is 54.6 Å². The monoisotopic (exact) mass is 446 g/mol. The number of ketones is 1. The van der Waals surface area contributed by atoms with E-state index in [4.69, 9.17) is 23.2 Å². The minimum Gasteiger partial charge on any atom is -0.292 e. The Labute approximate surface area is 178 Å². The molecule has 2 heterocycles.